The highest BCUT2D eigenvalue weighted by atomic mass is 35.5. The number of rotatable bonds is 6. The lowest BCUT2D eigenvalue weighted by Gasteiger charge is -2.39. The van der Waals surface area contributed by atoms with E-state index in [9.17, 15) is 4.79 Å². The number of amides is 1. The van der Waals surface area contributed by atoms with E-state index in [1.54, 1.807) is 7.11 Å². The van der Waals surface area contributed by atoms with Crippen molar-refractivity contribution >= 4 is 18.3 Å². The highest BCUT2D eigenvalue weighted by molar-refractivity contribution is 5.85. The Morgan fingerprint density at radius 1 is 1.26 bits per heavy atom. The molecule has 6 heteroatoms. The predicted molar refractivity (Wildman–Crippen MR) is 94.1 cm³/mol. The summed E-state index contributed by atoms with van der Waals surface area (Å²) in [5, 5.41) is 3.35. The summed E-state index contributed by atoms with van der Waals surface area (Å²) in [6, 6.07) is 0. The second-order valence-electron chi connectivity index (χ2n) is 6.68. The van der Waals surface area contributed by atoms with Crippen molar-refractivity contribution in [3.05, 3.63) is 0 Å². The number of carbonyl (C=O) groups is 1. The number of hydrogen-bond donors (Lipinski definition) is 1. The van der Waals surface area contributed by atoms with Gasteiger partial charge in [0.1, 0.15) is 0 Å². The largest absolute Gasteiger partial charge is 0.384 e. The number of halogens is 1. The van der Waals surface area contributed by atoms with E-state index in [1.165, 1.54) is 0 Å². The lowest BCUT2D eigenvalue weighted by Crippen LogP contribution is -2.51. The zero-order valence-electron chi connectivity index (χ0n) is 14.6. The molecule has 1 N–H and O–H groups in total. The van der Waals surface area contributed by atoms with E-state index in [0.717, 1.165) is 71.3 Å². The lowest BCUT2D eigenvalue weighted by molar-refractivity contribution is -0.147. The number of piperidine rings is 1. The quantitative estimate of drug-likeness (QED) is 0.799. The number of ether oxygens (including phenoxy) is 2. The second kappa shape index (κ2) is 10.5. The fourth-order valence-corrected chi connectivity index (χ4v) is 3.66. The van der Waals surface area contributed by atoms with E-state index < -0.39 is 0 Å². The molecule has 0 aromatic heterocycles. The molecule has 2 heterocycles. The molecule has 5 nitrogen and oxygen atoms in total. The Morgan fingerprint density at radius 3 is 2.65 bits per heavy atom. The molecule has 136 valence electrons. The number of methoxy groups -OCH3 is 1. The average Bonchev–Trinajstić information content (AvgIpc) is 2.79. The summed E-state index contributed by atoms with van der Waals surface area (Å²) in [5.74, 6) is 0.298. The maximum atomic E-state index is 13.1. The second-order valence-corrected chi connectivity index (χ2v) is 6.68. The Bertz CT molecular complexity index is 343. The minimum atomic E-state index is -0.315. The van der Waals surface area contributed by atoms with Crippen LogP contribution in [0.4, 0.5) is 0 Å². The fourth-order valence-electron chi connectivity index (χ4n) is 3.66. The van der Waals surface area contributed by atoms with Crippen molar-refractivity contribution in [1.29, 1.82) is 0 Å². The summed E-state index contributed by atoms with van der Waals surface area (Å²) in [5.41, 5.74) is -0.315. The van der Waals surface area contributed by atoms with Gasteiger partial charge in [0.05, 0.1) is 18.1 Å². The van der Waals surface area contributed by atoms with Crippen LogP contribution in [0.1, 0.15) is 45.4 Å². The van der Waals surface area contributed by atoms with E-state index in [1.807, 2.05) is 0 Å². The third-order valence-corrected chi connectivity index (χ3v) is 4.95. The van der Waals surface area contributed by atoms with Crippen LogP contribution < -0.4 is 5.32 Å². The molecular formula is C17H33ClN2O3. The Morgan fingerprint density at radius 2 is 2.00 bits per heavy atom. The number of nitrogens with one attached hydrogen (secondary N) is 1. The van der Waals surface area contributed by atoms with E-state index in [4.69, 9.17) is 9.47 Å². The Balaban J connectivity index is 0.00000264. The molecule has 23 heavy (non-hydrogen) atoms. The van der Waals surface area contributed by atoms with Gasteiger partial charge in [-0.15, -0.1) is 12.4 Å². The van der Waals surface area contributed by atoms with Gasteiger partial charge in [-0.25, -0.2) is 0 Å². The van der Waals surface area contributed by atoms with Crippen molar-refractivity contribution in [3.63, 3.8) is 0 Å². The van der Waals surface area contributed by atoms with Gasteiger partial charge >= 0.3 is 0 Å². The summed E-state index contributed by atoms with van der Waals surface area (Å²) in [6.07, 6.45) is 6.22. The van der Waals surface area contributed by atoms with Crippen molar-refractivity contribution in [2.45, 2.75) is 51.6 Å². The maximum absolute atomic E-state index is 13.1. The van der Waals surface area contributed by atoms with Crippen LogP contribution in [0.25, 0.3) is 0 Å². The monoisotopic (exact) mass is 348 g/mol. The highest BCUT2D eigenvalue weighted by Gasteiger charge is 2.42. The molecule has 0 radical (unpaired) electrons. The summed E-state index contributed by atoms with van der Waals surface area (Å²) in [6.45, 7) is 7.02. The van der Waals surface area contributed by atoms with Crippen LogP contribution in [0.2, 0.25) is 0 Å². The highest BCUT2D eigenvalue weighted by Crippen LogP contribution is 2.32. The minimum Gasteiger partial charge on any atom is -0.384 e. The molecule has 1 amide bonds. The topological polar surface area (TPSA) is 50.8 Å². The van der Waals surface area contributed by atoms with Crippen LogP contribution >= 0.6 is 12.4 Å². The first-order valence-corrected chi connectivity index (χ1v) is 8.82. The van der Waals surface area contributed by atoms with Crippen LogP contribution in [0.15, 0.2) is 0 Å². The van der Waals surface area contributed by atoms with Gasteiger partial charge in [0.25, 0.3) is 0 Å². The molecule has 1 unspecified atom stereocenters. The zero-order valence-corrected chi connectivity index (χ0v) is 15.5. The smallest absolute Gasteiger partial charge is 0.231 e. The van der Waals surface area contributed by atoms with Crippen LogP contribution in [0, 0.1) is 5.41 Å². The minimum absolute atomic E-state index is 0. The van der Waals surface area contributed by atoms with Gasteiger partial charge in [0, 0.05) is 26.8 Å². The van der Waals surface area contributed by atoms with Gasteiger partial charge in [-0.05, 0) is 51.6 Å². The molecule has 0 aromatic rings. The molecule has 2 rings (SSSR count). The lowest BCUT2D eigenvalue weighted by atomic mass is 9.78. The van der Waals surface area contributed by atoms with Crippen molar-refractivity contribution in [1.82, 2.24) is 10.2 Å². The Hall–Kier alpha value is -0.360. The summed E-state index contributed by atoms with van der Waals surface area (Å²) >= 11 is 0. The van der Waals surface area contributed by atoms with E-state index in [2.05, 4.69) is 17.1 Å². The molecule has 2 aliphatic heterocycles. The van der Waals surface area contributed by atoms with Crippen LogP contribution in [-0.4, -0.2) is 63.4 Å². The van der Waals surface area contributed by atoms with Crippen LogP contribution in [0.3, 0.4) is 0 Å². The first kappa shape index (κ1) is 20.7. The zero-order chi connectivity index (χ0) is 15.8. The molecule has 2 fully saturated rings. The standard InChI is InChI=1S/C17H32N2O3.ClH/c1-3-13-22-15-5-4-11-19(12-6-15)16(20)17(14-21-2)7-9-18-10-8-17;/h15,18H,3-14H2,1-2H3;1H. The molecule has 2 saturated heterocycles. The number of likely N-dealkylation sites (tertiary alicyclic amines) is 1. The van der Waals surface area contributed by atoms with Gasteiger partial charge in [-0.2, -0.15) is 0 Å². The van der Waals surface area contributed by atoms with E-state index >= 15 is 0 Å². The first-order chi connectivity index (χ1) is 10.7. The molecular weight excluding hydrogens is 316 g/mol. The third-order valence-electron chi connectivity index (χ3n) is 4.95. The SMILES string of the molecule is CCCOC1CCCN(C(=O)C2(COC)CCNCC2)CC1.Cl. The van der Waals surface area contributed by atoms with Gasteiger partial charge in [-0.3, -0.25) is 4.79 Å². The van der Waals surface area contributed by atoms with Crippen LogP contribution in [0.5, 0.6) is 0 Å². The normalized spacial score (nSPS) is 24.6. The molecule has 2 aliphatic rings. The molecule has 0 aromatic carbocycles. The molecule has 0 aliphatic carbocycles. The van der Waals surface area contributed by atoms with Crippen molar-refractivity contribution < 1.29 is 14.3 Å². The van der Waals surface area contributed by atoms with Crippen molar-refractivity contribution in [2.24, 2.45) is 5.41 Å². The number of hydrogen-bond acceptors (Lipinski definition) is 4. The molecule has 0 spiro atoms. The van der Waals surface area contributed by atoms with Gasteiger partial charge in [-0.1, -0.05) is 6.92 Å². The molecule has 0 saturated carbocycles. The van der Waals surface area contributed by atoms with Gasteiger partial charge in [0.15, 0.2) is 0 Å². The number of nitrogens with zero attached hydrogens (tertiary/aromatic N) is 1. The van der Waals surface area contributed by atoms with E-state index in [-0.39, 0.29) is 17.8 Å². The third kappa shape index (κ3) is 5.59. The predicted octanol–water partition coefficient (Wildman–Crippen LogP) is 2.23. The molecule has 0 bridgehead atoms. The Kier molecular flexibility index (Phi) is 9.44. The van der Waals surface area contributed by atoms with Crippen molar-refractivity contribution in [3.8, 4) is 0 Å². The van der Waals surface area contributed by atoms with E-state index in [0.29, 0.717) is 18.6 Å². The summed E-state index contributed by atoms with van der Waals surface area (Å²) in [7, 11) is 1.70. The van der Waals surface area contributed by atoms with Gasteiger partial charge < -0.3 is 19.7 Å². The fraction of sp³-hybridized carbons (Fsp3) is 0.941. The summed E-state index contributed by atoms with van der Waals surface area (Å²) in [4.78, 5) is 15.2. The first-order valence-electron chi connectivity index (χ1n) is 8.82. The summed E-state index contributed by atoms with van der Waals surface area (Å²) < 4.78 is 11.3. The Labute approximate surface area is 146 Å². The van der Waals surface area contributed by atoms with Gasteiger partial charge in [0.2, 0.25) is 5.91 Å². The average molecular weight is 349 g/mol. The molecule has 1 atom stereocenters. The van der Waals surface area contributed by atoms with Crippen molar-refractivity contribution in [2.75, 3.05) is 46.5 Å². The maximum Gasteiger partial charge on any atom is 0.231 e. The number of carbonyl (C=O) groups excluding carboxylic acids is 1. The van der Waals surface area contributed by atoms with Crippen LogP contribution in [-0.2, 0) is 14.3 Å².